The summed E-state index contributed by atoms with van der Waals surface area (Å²) in [5, 5.41) is 24.1. The third-order valence-electron chi connectivity index (χ3n) is 5.99. The Morgan fingerprint density at radius 3 is 2.61 bits per heavy atom. The molecule has 4 rings (SSSR count). The lowest BCUT2D eigenvalue weighted by Gasteiger charge is -2.37. The highest BCUT2D eigenvalue weighted by Crippen LogP contribution is 2.45. The molecule has 1 aliphatic heterocycles. The summed E-state index contributed by atoms with van der Waals surface area (Å²) in [4.78, 5) is 4.81. The van der Waals surface area contributed by atoms with Crippen molar-refractivity contribution in [3.8, 4) is 0 Å². The first-order chi connectivity index (χ1) is 15.0. The van der Waals surface area contributed by atoms with Crippen molar-refractivity contribution in [1.82, 2.24) is 15.1 Å². The minimum atomic E-state index is 0.164. The molecule has 1 saturated heterocycles. The minimum Gasteiger partial charge on any atom is -0.368 e. The van der Waals surface area contributed by atoms with Gasteiger partial charge in [-0.2, -0.15) is 10.2 Å². The van der Waals surface area contributed by atoms with Gasteiger partial charge in [-0.1, -0.05) is 25.1 Å². The summed E-state index contributed by atoms with van der Waals surface area (Å²) in [5.74, 6) is 6.58. The van der Waals surface area contributed by atoms with Crippen molar-refractivity contribution < 1.29 is 0 Å². The monoisotopic (exact) mass is 420 g/mol. The normalized spacial score (nSPS) is 17.6. The molecule has 2 fully saturated rings. The van der Waals surface area contributed by atoms with Gasteiger partial charge in [-0.15, -0.1) is 5.11 Å². The molecule has 0 spiro atoms. The molecule has 0 amide bonds. The van der Waals surface area contributed by atoms with Gasteiger partial charge in [0.15, 0.2) is 5.84 Å². The Kier molecular flexibility index (Phi) is 6.56. The molecule has 1 aliphatic carbocycles. The van der Waals surface area contributed by atoms with E-state index in [0.717, 1.165) is 56.1 Å². The van der Waals surface area contributed by atoms with Gasteiger partial charge in [0, 0.05) is 50.2 Å². The molecule has 1 aromatic heterocycles. The standard InChI is InChI=1S/C23H32N8/c1-16(2)12-17-13-20(18-5-6-18)22(23(24)28-29-25)21(14-17)31-10-8-30(9-11-31)15-19-4-3-7-26-27-19/h3-4,7,13-14,16,18H,5-6,8-12,15H2,1-2H3,(H3,24,25,28). The topological polar surface area (TPSA) is 107 Å². The fraction of sp³-hybridized carbons (Fsp3) is 0.522. The average molecular weight is 421 g/mol. The van der Waals surface area contributed by atoms with Crippen LogP contribution in [0.3, 0.4) is 0 Å². The summed E-state index contributed by atoms with van der Waals surface area (Å²) >= 11 is 0. The van der Waals surface area contributed by atoms with Crippen LogP contribution in [0, 0.1) is 11.3 Å². The van der Waals surface area contributed by atoms with Gasteiger partial charge >= 0.3 is 0 Å². The molecule has 31 heavy (non-hydrogen) atoms. The Labute approximate surface area is 184 Å². The third kappa shape index (κ3) is 5.25. The zero-order valence-electron chi connectivity index (χ0n) is 18.5. The first-order valence-electron chi connectivity index (χ1n) is 11.2. The molecule has 2 heterocycles. The maximum Gasteiger partial charge on any atom is 0.178 e. The van der Waals surface area contributed by atoms with E-state index in [9.17, 15) is 0 Å². The van der Waals surface area contributed by atoms with E-state index in [-0.39, 0.29) is 5.84 Å². The van der Waals surface area contributed by atoms with Crippen LogP contribution in [0.5, 0.6) is 0 Å². The Balaban J connectivity index is 1.60. The van der Waals surface area contributed by atoms with Crippen molar-refractivity contribution in [2.24, 2.45) is 22.1 Å². The van der Waals surface area contributed by atoms with Crippen molar-refractivity contribution in [2.75, 3.05) is 31.1 Å². The van der Waals surface area contributed by atoms with Crippen LogP contribution in [0.2, 0.25) is 0 Å². The zero-order chi connectivity index (χ0) is 21.8. The van der Waals surface area contributed by atoms with Crippen LogP contribution in [0.1, 0.15) is 55.0 Å². The molecule has 1 saturated carbocycles. The second-order valence-electron chi connectivity index (χ2n) is 8.99. The molecular weight excluding hydrogens is 388 g/mol. The third-order valence-corrected chi connectivity index (χ3v) is 5.99. The molecule has 0 bridgehead atoms. The molecule has 0 atom stereocenters. The number of hydrogen-bond acceptors (Lipinski definition) is 6. The zero-order valence-corrected chi connectivity index (χ0v) is 18.5. The summed E-state index contributed by atoms with van der Waals surface area (Å²) in [6, 6.07) is 8.51. The van der Waals surface area contributed by atoms with E-state index in [1.807, 2.05) is 12.1 Å². The summed E-state index contributed by atoms with van der Waals surface area (Å²) < 4.78 is 0. The number of nitrogens with zero attached hydrogens (tertiary/aromatic N) is 6. The fourth-order valence-electron chi connectivity index (χ4n) is 4.42. The van der Waals surface area contributed by atoms with E-state index >= 15 is 0 Å². The number of piperazine rings is 1. The number of anilines is 1. The lowest BCUT2D eigenvalue weighted by atomic mass is 9.92. The predicted molar refractivity (Wildman–Crippen MR) is 122 cm³/mol. The van der Waals surface area contributed by atoms with E-state index in [4.69, 9.17) is 11.3 Å². The van der Waals surface area contributed by atoms with E-state index in [1.165, 1.54) is 24.0 Å². The van der Waals surface area contributed by atoms with Crippen LogP contribution in [-0.2, 0) is 13.0 Å². The van der Waals surface area contributed by atoms with Crippen LogP contribution in [0.25, 0.3) is 0 Å². The van der Waals surface area contributed by atoms with Gasteiger partial charge in [0.1, 0.15) is 0 Å². The molecule has 8 heteroatoms. The van der Waals surface area contributed by atoms with Gasteiger partial charge in [-0.25, -0.2) is 0 Å². The number of hydrogen-bond donors (Lipinski definition) is 2. The number of nitrogens with two attached hydrogens (primary N) is 1. The predicted octanol–water partition coefficient (Wildman–Crippen LogP) is 3.53. The molecular formula is C23H32N8. The van der Waals surface area contributed by atoms with Crippen LogP contribution in [0.15, 0.2) is 40.8 Å². The number of aromatic nitrogens is 2. The van der Waals surface area contributed by atoms with Crippen LogP contribution in [-0.4, -0.2) is 47.1 Å². The molecule has 3 N–H and O–H groups in total. The van der Waals surface area contributed by atoms with Crippen LogP contribution >= 0.6 is 0 Å². The molecule has 2 aromatic rings. The average Bonchev–Trinajstić information content (AvgIpc) is 3.59. The Hall–Kier alpha value is -2.87. The van der Waals surface area contributed by atoms with Crippen LogP contribution < -0.4 is 10.7 Å². The summed E-state index contributed by atoms with van der Waals surface area (Å²) in [6.07, 6.45) is 5.09. The fourth-order valence-corrected chi connectivity index (χ4v) is 4.42. The van der Waals surface area contributed by atoms with Gasteiger partial charge in [0.05, 0.1) is 5.69 Å². The molecule has 1 aromatic carbocycles. The van der Waals surface area contributed by atoms with Gasteiger partial charge < -0.3 is 10.7 Å². The van der Waals surface area contributed by atoms with Crippen LogP contribution in [0.4, 0.5) is 5.69 Å². The number of benzene rings is 1. The van der Waals surface area contributed by atoms with E-state index in [0.29, 0.717) is 11.8 Å². The first-order valence-corrected chi connectivity index (χ1v) is 11.2. The first kappa shape index (κ1) is 21.4. The lowest BCUT2D eigenvalue weighted by molar-refractivity contribution is 0.246. The lowest BCUT2D eigenvalue weighted by Crippen LogP contribution is -2.46. The van der Waals surface area contributed by atoms with Crippen molar-refractivity contribution in [3.63, 3.8) is 0 Å². The largest absolute Gasteiger partial charge is 0.368 e. The maximum atomic E-state index is 8.56. The Morgan fingerprint density at radius 2 is 2.00 bits per heavy atom. The summed E-state index contributed by atoms with van der Waals surface area (Å²) in [7, 11) is 0. The van der Waals surface area contributed by atoms with E-state index in [1.54, 1.807) is 6.20 Å². The summed E-state index contributed by atoms with van der Waals surface area (Å²) in [6.45, 7) is 8.99. The van der Waals surface area contributed by atoms with Gasteiger partial charge in [-0.05, 0) is 60.4 Å². The number of amidine groups is 1. The smallest absolute Gasteiger partial charge is 0.178 e. The highest BCUT2D eigenvalue weighted by atomic mass is 15.3. The quantitative estimate of drug-likeness (QED) is 0.234. The number of rotatable bonds is 7. The SMILES string of the molecule is CC(C)Cc1cc(C2CC2)c(C(=N)N=NN)c(N2CCN(Cc3cccnn3)CC2)c1. The van der Waals surface area contributed by atoms with Crippen molar-refractivity contribution in [3.05, 3.63) is 52.8 Å². The molecule has 8 nitrogen and oxygen atoms in total. The highest BCUT2D eigenvalue weighted by molar-refractivity contribution is 6.04. The molecule has 0 radical (unpaired) electrons. The Morgan fingerprint density at radius 1 is 1.23 bits per heavy atom. The highest BCUT2D eigenvalue weighted by Gasteiger charge is 2.31. The maximum absolute atomic E-state index is 8.56. The van der Waals surface area contributed by atoms with Gasteiger partial charge in [0.25, 0.3) is 0 Å². The van der Waals surface area contributed by atoms with Crippen molar-refractivity contribution in [1.29, 1.82) is 5.41 Å². The number of nitrogens with one attached hydrogen (secondary N) is 1. The molecule has 2 aliphatic rings. The van der Waals surface area contributed by atoms with Crippen molar-refractivity contribution >= 4 is 11.5 Å². The van der Waals surface area contributed by atoms with E-state index in [2.05, 4.69) is 56.3 Å². The minimum absolute atomic E-state index is 0.164. The van der Waals surface area contributed by atoms with E-state index < -0.39 is 0 Å². The van der Waals surface area contributed by atoms with Crippen molar-refractivity contribution in [2.45, 2.75) is 45.6 Å². The summed E-state index contributed by atoms with van der Waals surface area (Å²) in [5.41, 5.74) is 5.60. The second-order valence-corrected chi connectivity index (χ2v) is 8.99. The van der Waals surface area contributed by atoms with Gasteiger partial charge in [0.2, 0.25) is 0 Å². The van der Waals surface area contributed by atoms with Gasteiger partial charge in [-0.3, -0.25) is 10.3 Å². The molecule has 0 unspecified atom stereocenters. The molecule has 164 valence electrons. The second kappa shape index (κ2) is 9.51. The Bertz CT molecular complexity index is 928.